The third-order valence-electron chi connectivity index (χ3n) is 2.63. The van der Waals surface area contributed by atoms with Gasteiger partial charge in [-0.3, -0.25) is 5.10 Å². The molecule has 0 aliphatic heterocycles. The number of rotatable bonds is 8. The molecule has 1 aromatic rings. The maximum Gasteiger partial charge on any atom is 0.342 e. The lowest BCUT2D eigenvalue weighted by atomic mass is 10.1. The molecule has 0 radical (unpaired) electrons. The number of aliphatic hydroxyl groups is 3. The van der Waals surface area contributed by atoms with Gasteiger partial charge in [0.1, 0.15) is 11.1 Å². The molecule has 0 unspecified atom stereocenters. The predicted molar refractivity (Wildman–Crippen MR) is 68.9 cm³/mol. The van der Waals surface area contributed by atoms with Gasteiger partial charge in [0.25, 0.3) is 10.0 Å². The molecule has 11 heteroatoms. The van der Waals surface area contributed by atoms with Gasteiger partial charge >= 0.3 is 5.97 Å². The fourth-order valence-electron chi connectivity index (χ4n) is 1.42. The Morgan fingerprint density at radius 1 is 1.38 bits per heavy atom. The summed E-state index contributed by atoms with van der Waals surface area (Å²) in [5.74, 6) is -0.894. The topological polar surface area (TPSA) is 162 Å². The van der Waals surface area contributed by atoms with E-state index in [9.17, 15) is 13.2 Å². The van der Waals surface area contributed by atoms with Crippen LogP contribution in [0.15, 0.2) is 11.2 Å². The minimum absolute atomic E-state index is 0.0464. The van der Waals surface area contributed by atoms with E-state index in [-0.39, 0.29) is 12.2 Å². The minimum Gasteiger partial charge on any atom is -0.462 e. The Balaban J connectivity index is 3.15. The van der Waals surface area contributed by atoms with Crippen molar-refractivity contribution in [3.05, 3.63) is 11.8 Å². The summed E-state index contributed by atoms with van der Waals surface area (Å²) >= 11 is 0. The van der Waals surface area contributed by atoms with Crippen LogP contribution < -0.4 is 4.72 Å². The summed E-state index contributed by atoms with van der Waals surface area (Å²) in [5.41, 5.74) is -2.19. The molecule has 1 rings (SSSR count). The predicted octanol–water partition coefficient (Wildman–Crippen LogP) is -2.42. The molecule has 5 N–H and O–H groups in total. The van der Waals surface area contributed by atoms with Crippen LogP contribution in [0.3, 0.4) is 0 Å². The number of nitrogens with one attached hydrogen (secondary N) is 2. The van der Waals surface area contributed by atoms with Crippen LogP contribution in [-0.2, 0) is 14.8 Å². The second-order valence-corrected chi connectivity index (χ2v) is 5.81. The Bertz CT molecular complexity index is 571. The van der Waals surface area contributed by atoms with Gasteiger partial charge in [-0.1, -0.05) is 0 Å². The Hall–Kier alpha value is -1.53. The van der Waals surface area contributed by atoms with Crippen molar-refractivity contribution in [1.29, 1.82) is 0 Å². The molecular weight excluding hydrogens is 306 g/mol. The average molecular weight is 323 g/mol. The van der Waals surface area contributed by atoms with Crippen LogP contribution in [0.5, 0.6) is 0 Å². The van der Waals surface area contributed by atoms with Gasteiger partial charge < -0.3 is 20.1 Å². The maximum atomic E-state index is 12.2. The molecule has 120 valence electrons. The quantitative estimate of drug-likeness (QED) is 0.330. The molecule has 1 aromatic heterocycles. The summed E-state index contributed by atoms with van der Waals surface area (Å²) in [6.07, 6.45) is 0.977. The number of hydrogen-bond acceptors (Lipinski definition) is 8. The summed E-state index contributed by atoms with van der Waals surface area (Å²) in [6.45, 7) is -0.935. The van der Waals surface area contributed by atoms with Crippen molar-refractivity contribution >= 4 is 16.0 Å². The van der Waals surface area contributed by atoms with Gasteiger partial charge in [0.05, 0.1) is 32.6 Å². The monoisotopic (exact) mass is 323 g/mol. The Morgan fingerprint density at radius 3 is 2.43 bits per heavy atom. The molecule has 0 bridgehead atoms. The van der Waals surface area contributed by atoms with Crippen molar-refractivity contribution in [3.63, 3.8) is 0 Å². The van der Waals surface area contributed by atoms with E-state index in [1.54, 1.807) is 6.92 Å². The third kappa shape index (κ3) is 3.77. The lowest BCUT2D eigenvalue weighted by molar-refractivity contribution is 0.0521. The molecule has 21 heavy (non-hydrogen) atoms. The number of H-pyrrole nitrogens is 1. The van der Waals surface area contributed by atoms with Gasteiger partial charge in [-0.2, -0.15) is 9.82 Å². The van der Waals surface area contributed by atoms with E-state index in [1.165, 1.54) is 0 Å². The Morgan fingerprint density at radius 2 is 1.95 bits per heavy atom. The minimum atomic E-state index is -4.35. The zero-order valence-electron chi connectivity index (χ0n) is 11.2. The zero-order chi connectivity index (χ0) is 16.1. The van der Waals surface area contributed by atoms with E-state index in [4.69, 9.17) is 20.1 Å². The number of carbonyl (C=O) groups is 1. The number of aromatic amines is 1. The van der Waals surface area contributed by atoms with Crippen molar-refractivity contribution in [2.45, 2.75) is 17.5 Å². The first-order valence-corrected chi connectivity index (χ1v) is 7.41. The van der Waals surface area contributed by atoms with E-state index in [0.717, 1.165) is 6.20 Å². The SMILES string of the molecule is CCOC(=O)c1cn[nH]c1S(=O)(=O)NC(CO)(CO)CO. The fraction of sp³-hybridized carbons (Fsp3) is 0.600. The highest BCUT2D eigenvalue weighted by atomic mass is 32.2. The van der Waals surface area contributed by atoms with Gasteiger partial charge in [-0.15, -0.1) is 0 Å². The molecule has 0 atom stereocenters. The first-order chi connectivity index (χ1) is 9.85. The van der Waals surface area contributed by atoms with Crippen LogP contribution >= 0.6 is 0 Å². The summed E-state index contributed by atoms with van der Waals surface area (Å²) in [7, 11) is -4.35. The molecule has 10 nitrogen and oxygen atoms in total. The maximum absolute atomic E-state index is 12.2. The van der Waals surface area contributed by atoms with Crippen LogP contribution in [-0.4, -0.2) is 71.9 Å². The Kier molecular flexibility index (Phi) is 5.80. The standard InChI is InChI=1S/C10H17N3O7S/c1-2-20-9(17)7-3-11-12-8(7)21(18,19)13-10(4-14,5-15)6-16/h3,13-16H,2,4-6H2,1H3,(H,11,12). The van der Waals surface area contributed by atoms with E-state index in [0.29, 0.717) is 0 Å². The number of carbonyl (C=O) groups excluding carboxylic acids is 1. The molecule has 0 amide bonds. The molecule has 0 aliphatic rings. The lowest BCUT2D eigenvalue weighted by Crippen LogP contribution is -2.57. The van der Waals surface area contributed by atoms with Crippen molar-refractivity contribution in [2.75, 3.05) is 26.4 Å². The van der Waals surface area contributed by atoms with Crippen molar-refractivity contribution < 1.29 is 33.3 Å². The van der Waals surface area contributed by atoms with E-state index >= 15 is 0 Å². The molecule has 0 saturated carbocycles. The van der Waals surface area contributed by atoms with Crippen LogP contribution in [0.25, 0.3) is 0 Å². The van der Waals surface area contributed by atoms with E-state index in [2.05, 4.69) is 10.2 Å². The summed E-state index contributed by atoms with van der Waals surface area (Å²) in [4.78, 5) is 11.6. The normalized spacial score (nSPS) is 12.4. The number of ether oxygens (including phenoxy) is 1. The molecular formula is C10H17N3O7S. The number of aromatic nitrogens is 2. The van der Waals surface area contributed by atoms with Crippen LogP contribution in [0.1, 0.15) is 17.3 Å². The van der Waals surface area contributed by atoms with Gasteiger partial charge in [-0.25, -0.2) is 13.2 Å². The molecule has 0 saturated heterocycles. The van der Waals surface area contributed by atoms with Crippen LogP contribution in [0.2, 0.25) is 0 Å². The number of nitrogens with zero attached hydrogens (tertiary/aromatic N) is 1. The third-order valence-corrected chi connectivity index (χ3v) is 4.18. The second kappa shape index (κ2) is 6.95. The average Bonchev–Trinajstić information content (AvgIpc) is 2.95. The summed E-state index contributed by atoms with van der Waals surface area (Å²) in [6, 6.07) is 0. The lowest BCUT2D eigenvalue weighted by Gasteiger charge is -2.27. The van der Waals surface area contributed by atoms with Gasteiger partial charge in [0.15, 0.2) is 5.03 Å². The number of aliphatic hydroxyl groups excluding tert-OH is 3. The molecule has 0 spiro atoms. The highest BCUT2D eigenvalue weighted by Crippen LogP contribution is 2.16. The zero-order valence-corrected chi connectivity index (χ0v) is 12.1. The first kappa shape index (κ1) is 17.5. The van der Waals surface area contributed by atoms with Crippen molar-refractivity contribution in [1.82, 2.24) is 14.9 Å². The molecule has 0 fully saturated rings. The Labute approximate surface area is 120 Å². The van der Waals surface area contributed by atoms with Crippen LogP contribution in [0, 0.1) is 0 Å². The van der Waals surface area contributed by atoms with E-state index < -0.39 is 46.4 Å². The molecule has 1 heterocycles. The van der Waals surface area contributed by atoms with Crippen molar-refractivity contribution in [3.8, 4) is 0 Å². The summed E-state index contributed by atoms with van der Waals surface area (Å²) in [5, 5.41) is 32.4. The summed E-state index contributed by atoms with van der Waals surface area (Å²) < 4.78 is 31.0. The second-order valence-electron chi connectivity index (χ2n) is 4.19. The number of hydrogen-bond donors (Lipinski definition) is 5. The fourth-order valence-corrected chi connectivity index (χ4v) is 2.88. The van der Waals surface area contributed by atoms with E-state index in [1.807, 2.05) is 4.72 Å². The molecule has 0 aliphatic carbocycles. The van der Waals surface area contributed by atoms with Gasteiger partial charge in [0, 0.05) is 0 Å². The van der Waals surface area contributed by atoms with Gasteiger partial charge in [-0.05, 0) is 6.92 Å². The number of sulfonamides is 1. The van der Waals surface area contributed by atoms with Crippen LogP contribution in [0.4, 0.5) is 0 Å². The smallest absolute Gasteiger partial charge is 0.342 e. The van der Waals surface area contributed by atoms with Crippen molar-refractivity contribution in [2.24, 2.45) is 0 Å². The molecule has 0 aromatic carbocycles. The largest absolute Gasteiger partial charge is 0.462 e. The highest BCUT2D eigenvalue weighted by Gasteiger charge is 2.36. The number of esters is 1. The van der Waals surface area contributed by atoms with Gasteiger partial charge in [0.2, 0.25) is 0 Å². The first-order valence-electron chi connectivity index (χ1n) is 5.93. The highest BCUT2D eigenvalue weighted by molar-refractivity contribution is 7.89.